The van der Waals surface area contributed by atoms with Crippen molar-refractivity contribution in [1.29, 1.82) is 0 Å². The zero-order valence-electron chi connectivity index (χ0n) is 11.5. The Kier molecular flexibility index (Phi) is 5.25. The van der Waals surface area contributed by atoms with Gasteiger partial charge < -0.3 is 5.32 Å². The van der Waals surface area contributed by atoms with E-state index in [1.54, 1.807) is 0 Å². The van der Waals surface area contributed by atoms with Crippen LogP contribution in [0, 0.1) is 0 Å². The van der Waals surface area contributed by atoms with Crippen LogP contribution in [0.4, 0.5) is 0 Å². The van der Waals surface area contributed by atoms with Crippen LogP contribution >= 0.6 is 15.9 Å². The van der Waals surface area contributed by atoms with Crippen molar-refractivity contribution >= 4 is 15.9 Å². The molecule has 0 aliphatic heterocycles. The summed E-state index contributed by atoms with van der Waals surface area (Å²) in [7, 11) is 0. The molecule has 1 aliphatic rings. The van der Waals surface area contributed by atoms with Crippen LogP contribution in [0.15, 0.2) is 28.7 Å². The number of hydrogen-bond donors (Lipinski definition) is 1. The Hall–Kier alpha value is -0.340. The van der Waals surface area contributed by atoms with E-state index in [0.29, 0.717) is 0 Å². The predicted octanol–water partition coefficient (Wildman–Crippen LogP) is 4.86. The minimum absolute atomic E-state index is 0.722. The van der Waals surface area contributed by atoms with Gasteiger partial charge in [-0.2, -0.15) is 0 Å². The SMILES string of the molecule is CCCC(CC)NC1CC(c2ccccc2Br)C1. The van der Waals surface area contributed by atoms with Gasteiger partial charge in [-0.1, -0.05) is 54.4 Å². The maximum Gasteiger partial charge on any atom is 0.0210 e. The highest BCUT2D eigenvalue weighted by atomic mass is 79.9. The summed E-state index contributed by atoms with van der Waals surface area (Å²) in [5.74, 6) is 0.747. The molecule has 1 unspecified atom stereocenters. The van der Waals surface area contributed by atoms with Crippen LogP contribution < -0.4 is 5.32 Å². The second-order valence-corrected chi connectivity index (χ2v) is 6.30. The molecular weight excluding hydrogens is 286 g/mol. The number of benzene rings is 1. The van der Waals surface area contributed by atoms with Crippen molar-refractivity contribution < 1.29 is 0 Å². The molecule has 0 bridgehead atoms. The first-order valence-electron chi connectivity index (χ1n) is 7.25. The number of halogens is 1. The molecule has 0 saturated heterocycles. The van der Waals surface area contributed by atoms with Crippen LogP contribution in [0.1, 0.15) is 57.4 Å². The molecule has 1 aromatic rings. The molecule has 1 atom stereocenters. The molecule has 2 rings (SSSR count). The monoisotopic (exact) mass is 309 g/mol. The Balaban J connectivity index is 1.82. The lowest BCUT2D eigenvalue weighted by atomic mass is 9.75. The van der Waals surface area contributed by atoms with Crippen molar-refractivity contribution in [3.05, 3.63) is 34.3 Å². The zero-order valence-corrected chi connectivity index (χ0v) is 13.0. The van der Waals surface area contributed by atoms with Crippen molar-refractivity contribution in [2.45, 2.75) is 64.0 Å². The highest BCUT2D eigenvalue weighted by molar-refractivity contribution is 9.10. The Bertz CT molecular complexity index is 371. The largest absolute Gasteiger partial charge is 0.311 e. The Labute approximate surface area is 119 Å². The summed E-state index contributed by atoms with van der Waals surface area (Å²) in [6, 6.07) is 10.1. The van der Waals surface area contributed by atoms with Crippen molar-refractivity contribution in [2.75, 3.05) is 0 Å². The fraction of sp³-hybridized carbons (Fsp3) is 0.625. The molecule has 1 nitrogen and oxygen atoms in total. The molecule has 2 heteroatoms. The van der Waals surface area contributed by atoms with E-state index < -0.39 is 0 Å². The molecule has 0 radical (unpaired) electrons. The van der Waals surface area contributed by atoms with E-state index in [9.17, 15) is 0 Å². The second kappa shape index (κ2) is 6.72. The third-order valence-electron chi connectivity index (χ3n) is 4.08. The van der Waals surface area contributed by atoms with Crippen LogP contribution in [0.2, 0.25) is 0 Å². The molecule has 18 heavy (non-hydrogen) atoms. The summed E-state index contributed by atoms with van der Waals surface area (Å²) in [6.45, 7) is 4.56. The fourth-order valence-corrected chi connectivity index (χ4v) is 3.51. The van der Waals surface area contributed by atoms with Gasteiger partial charge in [0.25, 0.3) is 0 Å². The Morgan fingerprint density at radius 1 is 1.28 bits per heavy atom. The van der Waals surface area contributed by atoms with E-state index in [1.807, 2.05) is 0 Å². The molecular formula is C16H24BrN. The van der Waals surface area contributed by atoms with Gasteiger partial charge in [0.1, 0.15) is 0 Å². The Morgan fingerprint density at radius 2 is 2.00 bits per heavy atom. The molecule has 1 aromatic carbocycles. The molecule has 1 N–H and O–H groups in total. The smallest absolute Gasteiger partial charge is 0.0210 e. The summed E-state index contributed by atoms with van der Waals surface area (Å²) < 4.78 is 1.27. The van der Waals surface area contributed by atoms with Gasteiger partial charge >= 0.3 is 0 Å². The lowest BCUT2D eigenvalue weighted by molar-refractivity contribution is 0.255. The molecule has 0 spiro atoms. The molecule has 0 aromatic heterocycles. The maximum absolute atomic E-state index is 3.81. The first-order chi connectivity index (χ1) is 8.74. The average Bonchev–Trinajstić information content (AvgIpc) is 2.33. The zero-order chi connectivity index (χ0) is 13.0. The predicted molar refractivity (Wildman–Crippen MR) is 82.0 cm³/mol. The summed E-state index contributed by atoms with van der Waals surface area (Å²) >= 11 is 3.66. The van der Waals surface area contributed by atoms with E-state index >= 15 is 0 Å². The Morgan fingerprint density at radius 3 is 2.61 bits per heavy atom. The summed E-state index contributed by atoms with van der Waals surface area (Å²) in [4.78, 5) is 0. The van der Waals surface area contributed by atoms with Crippen molar-refractivity contribution in [3.8, 4) is 0 Å². The number of nitrogens with one attached hydrogen (secondary N) is 1. The standard InChI is InChI=1S/C16H24BrN/c1-3-7-13(4-2)18-14-10-12(11-14)15-8-5-6-9-16(15)17/h5-6,8-9,12-14,18H,3-4,7,10-11H2,1-2H3. The topological polar surface area (TPSA) is 12.0 Å². The third kappa shape index (κ3) is 3.36. The van der Waals surface area contributed by atoms with Gasteiger partial charge in [0.15, 0.2) is 0 Å². The lowest BCUT2D eigenvalue weighted by Gasteiger charge is -2.39. The van der Waals surface area contributed by atoms with Crippen molar-refractivity contribution in [1.82, 2.24) is 5.32 Å². The van der Waals surface area contributed by atoms with Gasteiger partial charge in [0.2, 0.25) is 0 Å². The van der Waals surface area contributed by atoms with E-state index in [4.69, 9.17) is 0 Å². The van der Waals surface area contributed by atoms with E-state index in [-0.39, 0.29) is 0 Å². The van der Waals surface area contributed by atoms with Crippen LogP contribution in [0.25, 0.3) is 0 Å². The van der Waals surface area contributed by atoms with Gasteiger partial charge in [-0.05, 0) is 43.2 Å². The summed E-state index contributed by atoms with van der Waals surface area (Å²) in [5, 5.41) is 3.81. The molecule has 0 amide bonds. The average molecular weight is 310 g/mol. The molecule has 0 heterocycles. The molecule has 1 aliphatic carbocycles. The first-order valence-corrected chi connectivity index (χ1v) is 8.04. The minimum Gasteiger partial charge on any atom is -0.311 e. The van der Waals surface area contributed by atoms with Gasteiger partial charge in [-0.3, -0.25) is 0 Å². The van der Waals surface area contributed by atoms with Gasteiger partial charge in [0.05, 0.1) is 0 Å². The first kappa shape index (κ1) is 14.1. The van der Waals surface area contributed by atoms with Crippen molar-refractivity contribution in [3.63, 3.8) is 0 Å². The van der Waals surface area contributed by atoms with E-state index in [2.05, 4.69) is 59.4 Å². The fourth-order valence-electron chi connectivity index (χ4n) is 2.90. The van der Waals surface area contributed by atoms with Crippen LogP contribution in [0.5, 0.6) is 0 Å². The highest BCUT2D eigenvalue weighted by Crippen LogP contribution is 2.40. The number of hydrogen-bond acceptors (Lipinski definition) is 1. The second-order valence-electron chi connectivity index (χ2n) is 5.45. The van der Waals surface area contributed by atoms with E-state index in [1.165, 1.54) is 42.1 Å². The lowest BCUT2D eigenvalue weighted by Crippen LogP contribution is -2.45. The van der Waals surface area contributed by atoms with Crippen LogP contribution in [-0.2, 0) is 0 Å². The van der Waals surface area contributed by atoms with Crippen LogP contribution in [-0.4, -0.2) is 12.1 Å². The summed E-state index contributed by atoms with van der Waals surface area (Å²) in [5.41, 5.74) is 1.49. The summed E-state index contributed by atoms with van der Waals surface area (Å²) in [6.07, 6.45) is 6.44. The van der Waals surface area contributed by atoms with Gasteiger partial charge in [0, 0.05) is 16.6 Å². The van der Waals surface area contributed by atoms with Gasteiger partial charge in [-0.15, -0.1) is 0 Å². The molecule has 1 saturated carbocycles. The highest BCUT2D eigenvalue weighted by Gasteiger charge is 2.31. The minimum atomic E-state index is 0.722. The normalized spacial score (nSPS) is 24.6. The maximum atomic E-state index is 3.81. The quantitative estimate of drug-likeness (QED) is 0.791. The third-order valence-corrected chi connectivity index (χ3v) is 4.81. The number of rotatable bonds is 6. The van der Waals surface area contributed by atoms with E-state index in [0.717, 1.165) is 18.0 Å². The molecule has 100 valence electrons. The van der Waals surface area contributed by atoms with Crippen molar-refractivity contribution in [2.24, 2.45) is 0 Å². The van der Waals surface area contributed by atoms with Crippen LogP contribution in [0.3, 0.4) is 0 Å². The van der Waals surface area contributed by atoms with Gasteiger partial charge in [-0.25, -0.2) is 0 Å². The molecule has 1 fully saturated rings.